The summed E-state index contributed by atoms with van der Waals surface area (Å²) in [5, 5.41) is 12.3. The summed E-state index contributed by atoms with van der Waals surface area (Å²) in [5.74, 6) is -1.05. The van der Waals surface area contributed by atoms with Crippen molar-refractivity contribution in [1.82, 2.24) is 0 Å². The highest BCUT2D eigenvalue weighted by molar-refractivity contribution is 5.94. The second-order valence-electron chi connectivity index (χ2n) is 5.74. The predicted octanol–water partition coefficient (Wildman–Crippen LogP) is 3.36. The molecule has 0 aromatic heterocycles. The molecule has 0 aliphatic heterocycles. The van der Waals surface area contributed by atoms with E-state index in [0.29, 0.717) is 12.8 Å². The number of aryl methyl sites for hydroxylation is 1. The van der Waals surface area contributed by atoms with Gasteiger partial charge in [0, 0.05) is 12.1 Å². The van der Waals surface area contributed by atoms with Crippen LogP contribution >= 0.6 is 0 Å². The van der Waals surface area contributed by atoms with Crippen LogP contribution in [0.5, 0.6) is 0 Å². The molecular formula is C16H21NO3. The highest BCUT2D eigenvalue weighted by atomic mass is 16.4. The van der Waals surface area contributed by atoms with Crippen molar-refractivity contribution in [3.63, 3.8) is 0 Å². The molecule has 0 saturated heterocycles. The van der Waals surface area contributed by atoms with Gasteiger partial charge < -0.3 is 10.4 Å². The molecule has 0 heterocycles. The first kappa shape index (κ1) is 14.6. The Balaban J connectivity index is 2.01. The van der Waals surface area contributed by atoms with Crippen LogP contribution in [-0.2, 0) is 9.59 Å². The SMILES string of the molecule is Cc1ccc(NC(=O)CC2(C(=O)O)CCCCC2)cc1. The molecule has 0 atom stereocenters. The average molecular weight is 275 g/mol. The summed E-state index contributed by atoms with van der Waals surface area (Å²) in [6.45, 7) is 1.98. The predicted molar refractivity (Wildman–Crippen MR) is 77.6 cm³/mol. The van der Waals surface area contributed by atoms with E-state index in [2.05, 4.69) is 5.32 Å². The lowest BCUT2D eigenvalue weighted by molar-refractivity contribution is -0.153. The molecular weight excluding hydrogens is 254 g/mol. The molecule has 1 aliphatic rings. The number of hydrogen-bond donors (Lipinski definition) is 2. The zero-order chi connectivity index (χ0) is 14.6. The summed E-state index contributed by atoms with van der Waals surface area (Å²) in [4.78, 5) is 23.6. The summed E-state index contributed by atoms with van der Waals surface area (Å²) in [6.07, 6.45) is 4.12. The molecule has 4 heteroatoms. The van der Waals surface area contributed by atoms with Gasteiger partial charge in [-0.05, 0) is 31.9 Å². The molecule has 2 N–H and O–H groups in total. The Labute approximate surface area is 119 Å². The van der Waals surface area contributed by atoms with Gasteiger partial charge in [0.2, 0.25) is 5.91 Å². The summed E-state index contributed by atoms with van der Waals surface area (Å²) in [6, 6.07) is 7.51. The topological polar surface area (TPSA) is 66.4 Å². The van der Waals surface area contributed by atoms with Crippen LogP contribution in [0.1, 0.15) is 44.1 Å². The molecule has 0 spiro atoms. The summed E-state index contributed by atoms with van der Waals surface area (Å²) < 4.78 is 0. The number of anilines is 1. The molecule has 0 bridgehead atoms. The Kier molecular flexibility index (Phi) is 4.42. The molecule has 20 heavy (non-hydrogen) atoms. The molecule has 0 unspecified atom stereocenters. The minimum absolute atomic E-state index is 0.0657. The number of amides is 1. The van der Waals surface area contributed by atoms with Gasteiger partial charge in [-0.1, -0.05) is 37.0 Å². The van der Waals surface area contributed by atoms with E-state index in [1.807, 2.05) is 31.2 Å². The lowest BCUT2D eigenvalue weighted by atomic mass is 9.71. The molecule has 1 saturated carbocycles. The van der Waals surface area contributed by atoms with E-state index in [1.165, 1.54) is 0 Å². The largest absolute Gasteiger partial charge is 0.481 e. The van der Waals surface area contributed by atoms with E-state index in [0.717, 1.165) is 30.5 Å². The second kappa shape index (κ2) is 6.07. The van der Waals surface area contributed by atoms with Gasteiger partial charge in [0.05, 0.1) is 5.41 Å². The fourth-order valence-electron chi connectivity index (χ4n) is 2.84. The Bertz CT molecular complexity index is 487. The van der Waals surface area contributed by atoms with Gasteiger partial charge in [0.25, 0.3) is 0 Å². The Hall–Kier alpha value is -1.84. The zero-order valence-corrected chi connectivity index (χ0v) is 11.8. The second-order valence-corrected chi connectivity index (χ2v) is 5.74. The third-order valence-electron chi connectivity index (χ3n) is 4.10. The van der Waals surface area contributed by atoms with Crippen LogP contribution in [-0.4, -0.2) is 17.0 Å². The quantitative estimate of drug-likeness (QED) is 0.885. The lowest BCUT2D eigenvalue weighted by Gasteiger charge is -2.32. The first-order valence-electron chi connectivity index (χ1n) is 7.12. The van der Waals surface area contributed by atoms with Crippen LogP contribution in [0.15, 0.2) is 24.3 Å². The van der Waals surface area contributed by atoms with Crippen LogP contribution in [0.2, 0.25) is 0 Å². The summed E-state index contributed by atoms with van der Waals surface area (Å²) >= 11 is 0. The normalized spacial score (nSPS) is 17.4. The number of rotatable bonds is 4. The minimum atomic E-state index is -0.868. The van der Waals surface area contributed by atoms with E-state index in [1.54, 1.807) is 0 Å². The van der Waals surface area contributed by atoms with E-state index in [9.17, 15) is 14.7 Å². The highest BCUT2D eigenvalue weighted by Gasteiger charge is 2.41. The molecule has 0 radical (unpaired) electrons. The van der Waals surface area contributed by atoms with Gasteiger partial charge in [-0.15, -0.1) is 0 Å². The average Bonchev–Trinajstić information content (AvgIpc) is 2.42. The van der Waals surface area contributed by atoms with Gasteiger partial charge in [-0.3, -0.25) is 9.59 Å². The van der Waals surface area contributed by atoms with Crippen molar-refractivity contribution in [2.24, 2.45) is 5.41 Å². The molecule has 1 fully saturated rings. The molecule has 1 amide bonds. The molecule has 4 nitrogen and oxygen atoms in total. The number of carboxylic acids is 1. The maximum absolute atomic E-state index is 12.1. The van der Waals surface area contributed by atoms with Crippen molar-refractivity contribution >= 4 is 17.6 Å². The Morgan fingerprint density at radius 2 is 1.75 bits per heavy atom. The number of aliphatic carboxylic acids is 1. The van der Waals surface area contributed by atoms with Gasteiger partial charge >= 0.3 is 5.97 Å². The van der Waals surface area contributed by atoms with Crippen LogP contribution < -0.4 is 5.32 Å². The van der Waals surface area contributed by atoms with Crippen LogP contribution in [0.4, 0.5) is 5.69 Å². The third kappa shape index (κ3) is 3.38. The number of hydrogen-bond acceptors (Lipinski definition) is 2. The lowest BCUT2D eigenvalue weighted by Crippen LogP contribution is -2.37. The fraction of sp³-hybridized carbons (Fsp3) is 0.500. The minimum Gasteiger partial charge on any atom is -0.481 e. The number of benzene rings is 1. The fourth-order valence-corrected chi connectivity index (χ4v) is 2.84. The number of nitrogens with one attached hydrogen (secondary N) is 1. The van der Waals surface area contributed by atoms with Crippen LogP contribution in [0.25, 0.3) is 0 Å². The number of carboxylic acid groups (broad SMARTS) is 1. The van der Waals surface area contributed by atoms with Crippen molar-refractivity contribution < 1.29 is 14.7 Å². The zero-order valence-electron chi connectivity index (χ0n) is 11.8. The molecule has 2 rings (SSSR count). The van der Waals surface area contributed by atoms with Crippen molar-refractivity contribution in [2.45, 2.75) is 45.4 Å². The maximum atomic E-state index is 12.1. The summed E-state index contributed by atoms with van der Waals surface area (Å²) in [5.41, 5.74) is 0.974. The highest BCUT2D eigenvalue weighted by Crippen LogP contribution is 2.39. The molecule has 108 valence electrons. The van der Waals surface area contributed by atoms with Crippen molar-refractivity contribution in [3.8, 4) is 0 Å². The van der Waals surface area contributed by atoms with E-state index in [4.69, 9.17) is 0 Å². The smallest absolute Gasteiger partial charge is 0.310 e. The van der Waals surface area contributed by atoms with Crippen LogP contribution in [0, 0.1) is 12.3 Å². The summed E-state index contributed by atoms with van der Waals surface area (Å²) in [7, 11) is 0. The monoisotopic (exact) mass is 275 g/mol. The van der Waals surface area contributed by atoms with E-state index >= 15 is 0 Å². The first-order valence-corrected chi connectivity index (χ1v) is 7.12. The molecule has 1 aromatic carbocycles. The van der Waals surface area contributed by atoms with Crippen molar-refractivity contribution in [2.75, 3.05) is 5.32 Å². The van der Waals surface area contributed by atoms with E-state index in [-0.39, 0.29) is 12.3 Å². The molecule has 1 aliphatic carbocycles. The van der Waals surface area contributed by atoms with Gasteiger partial charge in [-0.2, -0.15) is 0 Å². The Morgan fingerprint density at radius 3 is 2.30 bits per heavy atom. The van der Waals surface area contributed by atoms with E-state index < -0.39 is 11.4 Å². The number of carbonyl (C=O) groups is 2. The first-order chi connectivity index (χ1) is 9.52. The van der Waals surface area contributed by atoms with Crippen molar-refractivity contribution in [1.29, 1.82) is 0 Å². The molecule has 1 aromatic rings. The van der Waals surface area contributed by atoms with Crippen molar-refractivity contribution in [3.05, 3.63) is 29.8 Å². The standard InChI is InChI=1S/C16H21NO3/c1-12-5-7-13(8-6-12)17-14(18)11-16(15(19)20)9-3-2-4-10-16/h5-8H,2-4,9-11H2,1H3,(H,17,18)(H,19,20). The number of carbonyl (C=O) groups excluding carboxylic acids is 1. The van der Waals surface area contributed by atoms with Gasteiger partial charge in [0.1, 0.15) is 0 Å². The Morgan fingerprint density at radius 1 is 1.15 bits per heavy atom. The maximum Gasteiger partial charge on any atom is 0.310 e. The van der Waals surface area contributed by atoms with Crippen LogP contribution in [0.3, 0.4) is 0 Å². The third-order valence-corrected chi connectivity index (χ3v) is 4.10. The van der Waals surface area contributed by atoms with Gasteiger partial charge in [0.15, 0.2) is 0 Å². The van der Waals surface area contributed by atoms with Gasteiger partial charge in [-0.25, -0.2) is 0 Å².